The Balaban J connectivity index is 1.78. The molecule has 4 rings (SSSR count). The van der Waals surface area contributed by atoms with Crippen molar-refractivity contribution in [3.63, 3.8) is 0 Å². The van der Waals surface area contributed by atoms with Gasteiger partial charge in [0.15, 0.2) is 5.76 Å². The molecule has 9 nitrogen and oxygen atoms in total. The molecule has 0 atom stereocenters. The third kappa shape index (κ3) is 3.21. The molecule has 0 saturated heterocycles. The van der Waals surface area contributed by atoms with Crippen LogP contribution in [0.2, 0.25) is 5.02 Å². The van der Waals surface area contributed by atoms with Gasteiger partial charge in [0.2, 0.25) is 0 Å². The molecule has 0 aliphatic rings. The summed E-state index contributed by atoms with van der Waals surface area (Å²) in [6.45, 7) is 0. The minimum absolute atomic E-state index is 0.0605. The van der Waals surface area contributed by atoms with Crippen LogP contribution in [-0.4, -0.2) is 21.3 Å². The molecular weight excluding hydrogens is 412 g/mol. The van der Waals surface area contributed by atoms with Gasteiger partial charge in [-0.2, -0.15) is 0 Å². The van der Waals surface area contributed by atoms with Crippen LogP contribution in [-0.2, 0) is 0 Å². The lowest BCUT2D eigenvalue weighted by Gasteiger charge is -2.02. The van der Waals surface area contributed by atoms with E-state index in [1.165, 1.54) is 41.1 Å². The number of nitrogens with one attached hydrogen (secondary N) is 1. The lowest BCUT2D eigenvalue weighted by atomic mass is 10.1. The van der Waals surface area contributed by atoms with Gasteiger partial charge in [0.25, 0.3) is 17.5 Å². The van der Waals surface area contributed by atoms with E-state index in [2.05, 4.69) is 5.43 Å². The molecule has 10 heteroatoms. The minimum atomic E-state index is -0.581. The van der Waals surface area contributed by atoms with E-state index in [0.29, 0.717) is 10.9 Å². The van der Waals surface area contributed by atoms with Crippen molar-refractivity contribution < 1.29 is 18.9 Å². The second-order valence-corrected chi connectivity index (χ2v) is 6.73. The zero-order valence-electron chi connectivity index (χ0n) is 15.2. The van der Waals surface area contributed by atoms with E-state index in [4.69, 9.17) is 21.9 Å². The van der Waals surface area contributed by atoms with E-state index in [0.717, 1.165) is 0 Å². The molecule has 2 aromatic heterocycles. The third-order valence-electron chi connectivity index (χ3n) is 4.55. The maximum absolute atomic E-state index is 13.1. The first-order valence-electron chi connectivity index (χ1n) is 8.60. The Labute approximate surface area is 173 Å². The van der Waals surface area contributed by atoms with Gasteiger partial charge < -0.3 is 4.42 Å². The number of nitrogens with two attached hydrogens (primary N) is 1. The molecule has 3 N–H and O–H groups in total. The number of amides is 1. The Hall–Kier alpha value is -3.95. The average molecular weight is 425 g/mol. The van der Waals surface area contributed by atoms with Crippen molar-refractivity contribution in [2.45, 2.75) is 0 Å². The fourth-order valence-electron chi connectivity index (χ4n) is 3.19. The molecule has 0 aliphatic heterocycles. The SMILES string of the molecule is NNC(=O)c1cn(C(=O)c2ccc(-c3ccc(Cl)cc3[N+](=O)[O-])o2)c2ccccc12. The molecule has 0 bridgehead atoms. The largest absolute Gasteiger partial charge is 0.451 e. The molecular formula is C20H13ClN4O5. The van der Waals surface area contributed by atoms with Crippen LogP contribution < -0.4 is 11.3 Å². The maximum atomic E-state index is 13.1. The zero-order chi connectivity index (χ0) is 21.4. The van der Waals surface area contributed by atoms with Crippen molar-refractivity contribution in [2.75, 3.05) is 0 Å². The first-order chi connectivity index (χ1) is 14.4. The van der Waals surface area contributed by atoms with Gasteiger partial charge >= 0.3 is 0 Å². The molecule has 0 fully saturated rings. The summed E-state index contributed by atoms with van der Waals surface area (Å²) in [5, 5.41) is 12.1. The van der Waals surface area contributed by atoms with Gasteiger partial charge in [-0.05, 0) is 30.3 Å². The van der Waals surface area contributed by atoms with E-state index in [-0.39, 0.29) is 33.4 Å². The average Bonchev–Trinajstić information content (AvgIpc) is 3.38. The summed E-state index contributed by atoms with van der Waals surface area (Å²) in [6, 6.07) is 13.8. The van der Waals surface area contributed by atoms with E-state index < -0.39 is 16.7 Å². The number of fused-ring (bicyclic) bond motifs is 1. The van der Waals surface area contributed by atoms with E-state index in [9.17, 15) is 19.7 Å². The van der Waals surface area contributed by atoms with E-state index >= 15 is 0 Å². The van der Waals surface area contributed by atoms with Crippen LogP contribution in [0.3, 0.4) is 0 Å². The summed E-state index contributed by atoms with van der Waals surface area (Å²) in [4.78, 5) is 35.9. The Kier molecular flexibility index (Phi) is 4.82. The quantitative estimate of drug-likeness (QED) is 0.222. The number of rotatable bonds is 4. The van der Waals surface area contributed by atoms with Crippen LogP contribution in [0.25, 0.3) is 22.2 Å². The van der Waals surface area contributed by atoms with E-state index in [1.54, 1.807) is 24.3 Å². The number of aromatic nitrogens is 1. The number of carbonyl (C=O) groups excluding carboxylic acids is 2. The molecule has 150 valence electrons. The number of nitrogens with zero attached hydrogens (tertiary/aromatic N) is 2. The number of furan rings is 1. The van der Waals surface area contributed by atoms with Gasteiger partial charge in [-0.1, -0.05) is 29.8 Å². The van der Waals surface area contributed by atoms with Crippen molar-refractivity contribution in [2.24, 2.45) is 5.84 Å². The molecule has 0 radical (unpaired) electrons. The van der Waals surface area contributed by atoms with Gasteiger partial charge in [-0.15, -0.1) is 0 Å². The minimum Gasteiger partial charge on any atom is -0.451 e. The number of nitro benzene ring substituents is 1. The molecule has 2 aromatic carbocycles. The van der Waals surface area contributed by atoms with Gasteiger partial charge in [0, 0.05) is 22.7 Å². The van der Waals surface area contributed by atoms with Crippen molar-refractivity contribution in [3.05, 3.63) is 87.3 Å². The van der Waals surface area contributed by atoms with Crippen LogP contribution >= 0.6 is 11.6 Å². The monoisotopic (exact) mass is 424 g/mol. The van der Waals surface area contributed by atoms with Crippen LogP contribution in [0.1, 0.15) is 20.9 Å². The summed E-state index contributed by atoms with van der Waals surface area (Å²) in [6.07, 6.45) is 1.36. The highest BCUT2D eigenvalue weighted by Crippen LogP contribution is 2.34. The summed E-state index contributed by atoms with van der Waals surface area (Å²) < 4.78 is 6.88. The van der Waals surface area contributed by atoms with Crippen LogP contribution in [0, 0.1) is 10.1 Å². The number of benzene rings is 2. The predicted octanol–water partition coefficient (Wildman–Crippen LogP) is 3.75. The molecule has 2 heterocycles. The van der Waals surface area contributed by atoms with Gasteiger partial charge in [-0.25, -0.2) is 5.84 Å². The lowest BCUT2D eigenvalue weighted by Crippen LogP contribution is -2.29. The summed E-state index contributed by atoms with van der Waals surface area (Å²) in [5.41, 5.74) is 2.70. The molecule has 0 aliphatic carbocycles. The second kappa shape index (κ2) is 7.47. The summed E-state index contributed by atoms with van der Waals surface area (Å²) in [5.74, 6) is 4.21. The highest BCUT2D eigenvalue weighted by molar-refractivity contribution is 6.31. The number of carbonyl (C=O) groups is 2. The molecule has 0 saturated carbocycles. The molecule has 0 spiro atoms. The van der Waals surface area contributed by atoms with Crippen molar-refractivity contribution >= 4 is 40.0 Å². The Morgan fingerprint density at radius 2 is 1.90 bits per heavy atom. The topological polar surface area (TPSA) is 133 Å². The first-order valence-corrected chi connectivity index (χ1v) is 8.98. The Morgan fingerprint density at radius 1 is 1.13 bits per heavy atom. The maximum Gasteiger partial charge on any atom is 0.298 e. The standard InChI is InChI=1S/C20H13ClN4O5/c21-11-5-6-13(16(9-11)25(28)29)17-7-8-18(30-17)20(27)24-10-14(19(26)23-22)12-3-1-2-4-15(12)24/h1-10H,22H2,(H,23,26). The fourth-order valence-corrected chi connectivity index (χ4v) is 3.35. The highest BCUT2D eigenvalue weighted by Gasteiger charge is 2.23. The van der Waals surface area contributed by atoms with Gasteiger partial charge in [-0.3, -0.25) is 29.7 Å². The summed E-state index contributed by atoms with van der Waals surface area (Å²) in [7, 11) is 0. The summed E-state index contributed by atoms with van der Waals surface area (Å²) >= 11 is 5.85. The number of halogens is 1. The third-order valence-corrected chi connectivity index (χ3v) is 4.78. The number of hydrazine groups is 1. The Bertz CT molecular complexity index is 1320. The van der Waals surface area contributed by atoms with E-state index in [1.807, 2.05) is 0 Å². The predicted molar refractivity (Wildman–Crippen MR) is 109 cm³/mol. The molecule has 4 aromatic rings. The van der Waals surface area contributed by atoms with Crippen molar-refractivity contribution in [3.8, 4) is 11.3 Å². The Morgan fingerprint density at radius 3 is 2.63 bits per heavy atom. The number of nitrogen functional groups attached to an aromatic ring is 1. The molecule has 1 amide bonds. The van der Waals surface area contributed by atoms with Gasteiger partial charge in [0.05, 0.1) is 21.6 Å². The van der Waals surface area contributed by atoms with Crippen molar-refractivity contribution in [1.82, 2.24) is 9.99 Å². The number of para-hydroxylation sites is 1. The second-order valence-electron chi connectivity index (χ2n) is 6.29. The highest BCUT2D eigenvalue weighted by atomic mass is 35.5. The van der Waals surface area contributed by atoms with Crippen LogP contribution in [0.5, 0.6) is 0 Å². The van der Waals surface area contributed by atoms with Gasteiger partial charge in [0.1, 0.15) is 5.76 Å². The zero-order valence-corrected chi connectivity index (χ0v) is 15.9. The molecule has 30 heavy (non-hydrogen) atoms. The number of hydrogen-bond donors (Lipinski definition) is 2. The van der Waals surface area contributed by atoms with Crippen LogP contribution in [0.4, 0.5) is 5.69 Å². The van der Waals surface area contributed by atoms with Crippen LogP contribution in [0.15, 0.2) is 65.2 Å². The number of hydrogen-bond acceptors (Lipinski definition) is 6. The normalized spacial score (nSPS) is 10.9. The van der Waals surface area contributed by atoms with Crippen molar-refractivity contribution in [1.29, 1.82) is 0 Å². The number of nitro groups is 1. The fraction of sp³-hybridized carbons (Fsp3) is 0. The smallest absolute Gasteiger partial charge is 0.298 e. The lowest BCUT2D eigenvalue weighted by molar-refractivity contribution is -0.384. The first kappa shape index (κ1) is 19.4. The molecule has 0 unspecified atom stereocenters.